The van der Waals surface area contributed by atoms with Crippen LogP contribution in [0.15, 0.2) is 53.4 Å². The first kappa shape index (κ1) is 19.0. The van der Waals surface area contributed by atoms with Gasteiger partial charge in [0.1, 0.15) is 0 Å². The summed E-state index contributed by atoms with van der Waals surface area (Å²) in [7, 11) is -2.09. The van der Waals surface area contributed by atoms with E-state index in [0.29, 0.717) is 24.4 Å². The van der Waals surface area contributed by atoms with Crippen LogP contribution in [0.1, 0.15) is 22.3 Å². The SMILES string of the molecule is COCCCNC(=O)c1ccc(S(=O)(=O)Nc2cccc(C)c2)cc1. The van der Waals surface area contributed by atoms with Gasteiger partial charge in [0.05, 0.1) is 4.90 Å². The number of aryl methyl sites for hydroxylation is 1. The molecule has 6 nitrogen and oxygen atoms in total. The molecule has 0 aliphatic rings. The normalized spacial score (nSPS) is 11.1. The van der Waals surface area contributed by atoms with E-state index in [0.717, 1.165) is 12.0 Å². The molecule has 2 aromatic rings. The van der Waals surface area contributed by atoms with Crippen molar-refractivity contribution in [2.24, 2.45) is 0 Å². The maximum absolute atomic E-state index is 12.4. The Morgan fingerprint density at radius 3 is 2.48 bits per heavy atom. The molecule has 0 saturated heterocycles. The molecule has 0 fully saturated rings. The van der Waals surface area contributed by atoms with Gasteiger partial charge in [-0.1, -0.05) is 12.1 Å². The zero-order valence-electron chi connectivity index (χ0n) is 14.3. The summed E-state index contributed by atoms with van der Waals surface area (Å²) in [6.07, 6.45) is 0.717. The first-order valence-corrected chi connectivity index (χ1v) is 9.37. The van der Waals surface area contributed by atoms with Crippen LogP contribution in [0.5, 0.6) is 0 Å². The molecule has 0 unspecified atom stereocenters. The molecule has 0 aromatic heterocycles. The zero-order chi connectivity index (χ0) is 18.3. The number of ether oxygens (including phenoxy) is 1. The maximum Gasteiger partial charge on any atom is 0.261 e. The quantitative estimate of drug-likeness (QED) is 0.707. The van der Waals surface area contributed by atoms with E-state index in [4.69, 9.17) is 4.74 Å². The molecule has 2 N–H and O–H groups in total. The van der Waals surface area contributed by atoms with E-state index in [-0.39, 0.29) is 10.8 Å². The van der Waals surface area contributed by atoms with Crippen LogP contribution in [0.4, 0.5) is 5.69 Å². The number of nitrogens with one attached hydrogen (secondary N) is 2. The lowest BCUT2D eigenvalue weighted by molar-refractivity contribution is 0.0948. The minimum absolute atomic E-state index is 0.102. The van der Waals surface area contributed by atoms with Gasteiger partial charge in [-0.15, -0.1) is 0 Å². The van der Waals surface area contributed by atoms with Crippen molar-refractivity contribution in [1.29, 1.82) is 0 Å². The second-order valence-corrected chi connectivity index (χ2v) is 7.28. The molecule has 0 radical (unpaired) electrons. The number of sulfonamides is 1. The number of methoxy groups -OCH3 is 1. The summed E-state index contributed by atoms with van der Waals surface area (Å²) >= 11 is 0. The van der Waals surface area contributed by atoms with Gasteiger partial charge in [-0.05, 0) is 55.3 Å². The Kier molecular flexibility index (Phi) is 6.55. The Bertz CT molecular complexity index is 817. The van der Waals surface area contributed by atoms with Crippen molar-refractivity contribution in [1.82, 2.24) is 5.32 Å². The molecule has 0 bridgehead atoms. The molecule has 0 aliphatic heterocycles. The highest BCUT2D eigenvalue weighted by molar-refractivity contribution is 7.92. The minimum atomic E-state index is -3.70. The highest BCUT2D eigenvalue weighted by atomic mass is 32.2. The van der Waals surface area contributed by atoms with Crippen LogP contribution in [0.2, 0.25) is 0 Å². The fraction of sp³-hybridized carbons (Fsp3) is 0.278. The number of carbonyl (C=O) groups is 1. The average Bonchev–Trinajstić information content (AvgIpc) is 2.58. The molecular formula is C18H22N2O4S. The minimum Gasteiger partial charge on any atom is -0.385 e. The molecule has 0 aliphatic carbocycles. The van der Waals surface area contributed by atoms with Gasteiger partial charge in [0.15, 0.2) is 0 Å². The Morgan fingerprint density at radius 1 is 1.12 bits per heavy atom. The lowest BCUT2D eigenvalue weighted by atomic mass is 10.2. The van der Waals surface area contributed by atoms with Crippen molar-refractivity contribution < 1.29 is 17.9 Å². The number of benzene rings is 2. The van der Waals surface area contributed by atoms with Crippen molar-refractivity contribution in [2.45, 2.75) is 18.2 Å². The Labute approximate surface area is 148 Å². The van der Waals surface area contributed by atoms with E-state index in [1.807, 2.05) is 13.0 Å². The summed E-state index contributed by atoms with van der Waals surface area (Å²) in [6.45, 7) is 2.96. The summed E-state index contributed by atoms with van der Waals surface area (Å²) in [5.41, 5.74) is 1.87. The summed E-state index contributed by atoms with van der Waals surface area (Å²) in [5, 5.41) is 2.75. The summed E-state index contributed by atoms with van der Waals surface area (Å²) in [6, 6.07) is 12.9. The molecule has 0 heterocycles. The fourth-order valence-electron chi connectivity index (χ4n) is 2.23. The van der Waals surface area contributed by atoms with Gasteiger partial charge in [-0.3, -0.25) is 9.52 Å². The number of rotatable bonds is 8. The third kappa shape index (κ3) is 5.58. The highest BCUT2D eigenvalue weighted by Gasteiger charge is 2.15. The molecule has 134 valence electrons. The number of carbonyl (C=O) groups excluding carboxylic acids is 1. The van der Waals surface area contributed by atoms with Gasteiger partial charge >= 0.3 is 0 Å². The highest BCUT2D eigenvalue weighted by Crippen LogP contribution is 2.17. The topological polar surface area (TPSA) is 84.5 Å². The summed E-state index contributed by atoms with van der Waals surface area (Å²) in [5.74, 6) is -0.244. The lowest BCUT2D eigenvalue weighted by Gasteiger charge is -2.09. The predicted octanol–water partition coefficient (Wildman–Crippen LogP) is 2.56. The second-order valence-electron chi connectivity index (χ2n) is 5.60. The molecule has 0 spiro atoms. The molecule has 0 atom stereocenters. The average molecular weight is 362 g/mol. The first-order valence-electron chi connectivity index (χ1n) is 7.89. The number of anilines is 1. The molecule has 1 amide bonds. The number of amides is 1. The van der Waals surface area contributed by atoms with Crippen molar-refractivity contribution in [3.8, 4) is 0 Å². The van der Waals surface area contributed by atoms with E-state index in [2.05, 4.69) is 10.0 Å². The molecule has 2 aromatic carbocycles. The van der Waals surface area contributed by atoms with Crippen molar-refractivity contribution >= 4 is 21.6 Å². The van der Waals surface area contributed by atoms with Gasteiger partial charge in [0.2, 0.25) is 0 Å². The van der Waals surface area contributed by atoms with Crippen molar-refractivity contribution in [2.75, 3.05) is 25.0 Å². The van der Waals surface area contributed by atoms with Gasteiger partial charge in [-0.25, -0.2) is 8.42 Å². The van der Waals surface area contributed by atoms with Crippen LogP contribution in [0.3, 0.4) is 0 Å². The third-order valence-electron chi connectivity index (χ3n) is 3.51. The second kappa shape index (κ2) is 8.64. The monoisotopic (exact) mass is 362 g/mol. The van der Waals surface area contributed by atoms with Crippen LogP contribution >= 0.6 is 0 Å². The predicted molar refractivity (Wildman–Crippen MR) is 97.3 cm³/mol. The van der Waals surface area contributed by atoms with E-state index < -0.39 is 10.0 Å². The zero-order valence-corrected chi connectivity index (χ0v) is 15.1. The summed E-state index contributed by atoms with van der Waals surface area (Å²) in [4.78, 5) is 12.1. The summed E-state index contributed by atoms with van der Waals surface area (Å²) < 4.78 is 32.3. The van der Waals surface area contributed by atoms with Gasteiger partial charge in [0.25, 0.3) is 15.9 Å². The number of hydrogen-bond acceptors (Lipinski definition) is 4. The molecular weight excluding hydrogens is 340 g/mol. The molecule has 2 rings (SSSR count). The van der Waals surface area contributed by atoms with Gasteiger partial charge < -0.3 is 10.1 Å². The van der Waals surface area contributed by atoms with E-state index in [9.17, 15) is 13.2 Å². The van der Waals surface area contributed by atoms with Crippen LogP contribution in [-0.4, -0.2) is 34.6 Å². The van der Waals surface area contributed by atoms with E-state index >= 15 is 0 Å². The third-order valence-corrected chi connectivity index (χ3v) is 4.91. The Balaban J connectivity index is 2.04. The standard InChI is InChI=1S/C18H22N2O4S/c1-14-5-3-6-16(13-14)20-25(22,23)17-9-7-15(8-10-17)18(21)19-11-4-12-24-2/h3,5-10,13,20H,4,11-12H2,1-2H3,(H,19,21). The largest absolute Gasteiger partial charge is 0.385 e. The van der Waals surface area contributed by atoms with Crippen molar-refractivity contribution in [3.63, 3.8) is 0 Å². The van der Waals surface area contributed by atoms with Gasteiger partial charge in [-0.2, -0.15) is 0 Å². The van der Waals surface area contributed by atoms with Crippen LogP contribution in [-0.2, 0) is 14.8 Å². The van der Waals surface area contributed by atoms with E-state index in [1.54, 1.807) is 25.3 Å². The lowest BCUT2D eigenvalue weighted by Crippen LogP contribution is -2.25. The van der Waals surface area contributed by atoms with Crippen LogP contribution in [0, 0.1) is 6.92 Å². The van der Waals surface area contributed by atoms with E-state index in [1.165, 1.54) is 24.3 Å². The molecule has 7 heteroatoms. The Hall–Kier alpha value is -2.38. The number of hydrogen-bond donors (Lipinski definition) is 2. The first-order chi connectivity index (χ1) is 11.9. The van der Waals surface area contributed by atoms with Crippen LogP contribution in [0.25, 0.3) is 0 Å². The van der Waals surface area contributed by atoms with Crippen LogP contribution < -0.4 is 10.0 Å². The van der Waals surface area contributed by atoms with Crippen molar-refractivity contribution in [3.05, 3.63) is 59.7 Å². The van der Waals surface area contributed by atoms with Gasteiger partial charge in [0, 0.05) is 31.5 Å². The molecule has 0 saturated carbocycles. The smallest absolute Gasteiger partial charge is 0.261 e. The fourth-order valence-corrected chi connectivity index (χ4v) is 3.28. The molecule has 25 heavy (non-hydrogen) atoms. The maximum atomic E-state index is 12.4. The Morgan fingerprint density at radius 2 is 1.84 bits per heavy atom.